The van der Waals surface area contributed by atoms with Crippen molar-refractivity contribution in [2.75, 3.05) is 12.3 Å². The van der Waals surface area contributed by atoms with E-state index in [9.17, 15) is 9.59 Å². The Balaban J connectivity index is 2.10. The van der Waals surface area contributed by atoms with E-state index in [2.05, 4.69) is 42.6 Å². The summed E-state index contributed by atoms with van der Waals surface area (Å²) < 4.78 is 0. The van der Waals surface area contributed by atoms with Crippen LogP contribution in [0.2, 0.25) is 0 Å². The molecule has 2 rings (SSSR count). The van der Waals surface area contributed by atoms with Gasteiger partial charge in [-0.3, -0.25) is 9.59 Å². The molecule has 4 nitrogen and oxygen atoms in total. The molecule has 0 unspecified atom stereocenters. The molecule has 0 aromatic heterocycles. The van der Waals surface area contributed by atoms with E-state index < -0.39 is 6.04 Å². The van der Waals surface area contributed by atoms with Crippen LogP contribution in [0.15, 0.2) is 53.4 Å². The standard InChI is InChI=1S/C24H32N2O2S/c1-5-22(24(28)25-6-2)26(17-20-9-7-8-19(4)16-20)23(27)14-15-29-21-12-10-18(3)11-13-21/h7-13,16,22H,5-6,14-15,17H2,1-4H3,(H,25,28)/t22-/m0/s1. The molecule has 0 aliphatic heterocycles. The highest BCUT2D eigenvalue weighted by Gasteiger charge is 2.28. The van der Waals surface area contributed by atoms with Crippen LogP contribution >= 0.6 is 11.8 Å². The molecule has 0 radical (unpaired) electrons. The molecule has 0 fully saturated rings. The monoisotopic (exact) mass is 412 g/mol. The van der Waals surface area contributed by atoms with Crippen molar-refractivity contribution in [3.63, 3.8) is 0 Å². The van der Waals surface area contributed by atoms with Crippen molar-refractivity contribution < 1.29 is 9.59 Å². The number of nitrogens with zero attached hydrogens (tertiary/aromatic N) is 1. The van der Waals surface area contributed by atoms with Gasteiger partial charge >= 0.3 is 0 Å². The van der Waals surface area contributed by atoms with E-state index >= 15 is 0 Å². The van der Waals surface area contributed by atoms with E-state index in [-0.39, 0.29) is 11.8 Å². The molecule has 0 saturated carbocycles. The van der Waals surface area contributed by atoms with Crippen molar-refractivity contribution in [2.45, 2.75) is 58.0 Å². The molecular weight excluding hydrogens is 380 g/mol. The largest absolute Gasteiger partial charge is 0.355 e. The maximum atomic E-state index is 13.1. The van der Waals surface area contributed by atoms with Gasteiger partial charge in [0, 0.05) is 30.2 Å². The third kappa shape index (κ3) is 7.24. The average Bonchev–Trinajstić information content (AvgIpc) is 2.69. The lowest BCUT2D eigenvalue weighted by Gasteiger charge is -2.30. The van der Waals surface area contributed by atoms with Gasteiger partial charge in [0.1, 0.15) is 6.04 Å². The number of amides is 2. The average molecular weight is 413 g/mol. The Hall–Kier alpha value is -2.27. The van der Waals surface area contributed by atoms with Gasteiger partial charge in [0.15, 0.2) is 0 Å². The van der Waals surface area contributed by atoms with E-state index in [1.165, 1.54) is 5.56 Å². The number of carbonyl (C=O) groups excluding carboxylic acids is 2. The number of thioether (sulfide) groups is 1. The Morgan fingerprint density at radius 2 is 1.76 bits per heavy atom. The first-order valence-electron chi connectivity index (χ1n) is 10.3. The minimum absolute atomic E-state index is 0.0178. The van der Waals surface area contributed by atoms with Crippen molar-refractivity contribution >= 4 is 23.6 Å². The van der Waals surface area contributed by atoms with E-state index in [0.29, 0.717) is 31.7 Å². The number of likely N-dealkylation sites (N-methyl/N-ethyl adjacent to an activating group) is 1. The summed E-state index contributed by atoms with van der Waals surface area (Å²) in [7, 11) is 0. The molecule has 2 aromatic carbocycles. The second-order valence-electron chi connectivity index (χ2n) is 7.24. The topological polar surface area (TPSA) is 49.4 Å². The predicted molar refractivity (Wildman–Crippen MR) is 121 cm³/mol. The fraction of sp³-hybridized carbons (Fsp3) is 0.417. The van der Waals surface area contributed by atoms with Crippen LogP contribution in [0.4, 0.5) is 0 Å². The number of nitrogens with one attached hydrogen (secondary N) is 1. The van der Waals surface area contributed by atoms with Crippen molar-refractivity contribution in [1.82, 2.24) is 10.2 Å². The first-order valence-corrected chi connectivity index (χ1v) is 11.2. The van der Waals surface area contributed by atoms with Gasteiger partial charge in [-0.25, -0.2) is 0 Å². The second kappa shape index (κ2) is 11.7. The van der Waals surface area contributed by atoms with E-state index in [1.54, 1.807) is 16.7 Å². The zero-order valence-corrected chi connectivity index (χ0v) is 18.7. The summed E-state index contributed by atoms with van der Waals surface area (Å²) in [5.74, 6) is 0.629. The molecule has 0 heterocycles. The van der Waals surface area contributed by atoms with Gasteiger partial charge in [-0.15, -0.1) is 11.8 Å². The molecule has 29 heavy (non-hydrogen) atoms. The third-order valence-electron chi connectivity index (χ3n) is 4.78. The normalized spacial score (nSPS) is 11.7. The number of aryl methyl sites for hydroxylation is 2. The first-order chi connectivity index (χ1) is 13.9. The lowest BCUT2D eigenvalue weighted by molar-refractivity contribution is -0.141. The molecule has 0 aliphatic rings. The Morgan fingerprint density at radius 1 is 1.03 bits per heavy atom. The van der Waals surface area contributed by atoms with Gasteiger partial charge in [0.25, 0.3) is 0 Å². The summed E-state index contributed by atoms with van der Waals surface area (Å²) in [5.41, 5.74) is 3.42. The molecule has 0 bridgehead atoms. The van der Waals surface area contributed by atoms with Crippen LogP contribution in [0.5, 0.6) is 0 Å². The summed E-state index contributed by atoms with van der Waals surface area (Å²) >= 11 is 1.67. The summed E-state index contributed by atoms with van der Waals surface area (Å²) in [5, 5.41) is 2.88. The van der Waals surface area contributed by atoms with Gasteiger partial charge in [-0.05, 0) is 44.9 Å². The van der Waals surface area contributed by atoms with Crippen LogP contribution in [-0.2, 0) is 16.1 Å². The summed E-state index contributed by atoms with van der Waals surface area (Å²) in [6.45, 7) is 8.96. The maximum absolute atomic E-state index is 13.1. The number of carbonyl (C=O) groups is 2. The molecule has 156 valence electrons. The summed E-state index contributed by atoms with van der Waals surface area (Å²) in [4.78, 5) is 28.6. The van der Waals surface area contributed by atoms with Gasteiger partial charge in [-0.2, -0.15) is 0 Å². The zero-order chi connectivity index (χ0) is 21.2. The molecule has 1 atom stereocenters. The Labute approximate surface area is 179 Å². The number of benzene rings is 2. The minimum atomic E-state index is -0.452. The van der Waals surface area contributed by atoms with Crippen LogP contribution in [0.1, 0.15) is 43.4 Å². The number of hydrogen-bond acceptors (Lipinski definition) is 3. The van der Waals surface area contributed by atoms with Gasteiger partial charge in [0.05, 0.1) is 0 Å². The van der Waals surface area contributed by atoms with Crippen LogP contribution in [0.3, 0.4) is 0 Å². The highest BCUT2D eigenvalue weighted by Crippen LogP contribution is 2.21. The highest BCUT2D eigenvalue weighted by molar-refractivity contribution is 7.99. The van der Waals surface area contributed by atoms with Crippen molar-refractivity contribution in [1.29, 1.82) is 0 Å². The molecular formula is C24H32N2O2S. The van der Waals surface area contributed by atoms with E-state index in [1.807, 2.05) is 39.0 Å². The lowest BCUT2D eigenvalue weighted by Crippen LogP contribution is -2.49. The smallest absolute Gasteiger partial charge is 0.242 e. The van der Waals surface area contributed by atoms with Gasteiger partial charge < -0.3 is 10.2 Å². The highest BCUT2D eigenvalue weighted by atomic mass is 32.2. The SMILES string of the molecule is CCNC(=O)[C@H](CC)N(Cc1cccc(C)c1)C(=O)CCSc1ccc(C)cc1. The predicted octanol–water partition coefficient (Wildman–Crippen LogP) is 4.73. The summed E-state index contributed by atoms with van der Waals surface area (Å²) in [6.07, 6.45) is 0.995. The molecule has 0 spiro atoms. The van der Waals surface area contributed by atoms with Gasteiger partial charge in [-0.1, -0.05) is 54.4 Å². The Kier molecular flexibility index (Phi) is 9.26. The fourth-order valence-electron chi connectivity index (χ4n) is 3.25. The van der Waals surface area contributed by atoms with Crippen molar-refractivity contribution in [2.24, 2.45) is 0 Å². The van der Waals surface area contributed by atoms with Crippen molar-refractivity contribution in [3.8, 4) is 0 Å². The Bertz CT molecular complexity index is 805. The van der Waals surface area contributed by atoms with Crippen LogP contribution in [0, 0.1) is 13.8 Å². The molecule has 2 aromatic rings. The molecule has 0 aliphatic carbocycles. The van der Waals surface area contributed by atoms with Crippen LogP contribution in [0.25, 0.3) is 0 Å². The third-order valence-corrected chi connectivity index (χ3v) is 5.79. The summed E-state index contributed by atoms with van der Waals surface area (Å²) in [6, 6.07) is 16.0. The maximum Gasteiger partial charge on any atom is 0.242 e. The molecule has 2 amide bonds. The number of rotatable bonds is 10. The van der Waals surface area contributed by atoms with E-state index in [4.69, 9.17) is 0 Å². The zero-order valence-electron chi connectivity index (χ0n) is 17.9. The van der Waals surface area contributed by atoms with Crippen LogP contribution < -0.4 is 5.32 Å². The molecule has 1 N–H and O–H groups in total. The minimum Gasteiger partial charge on any atom is -0.355 e. The molecule has 0 saturated heterocycles. The first kappa shape index (κ1) is 23.0. The fourth-order valence-corrected chi connectivity index (χ4v) is 4.09. The Morgan fingerprint density at radius 3 is 2.38 bits per heavy atom. The van der Waals surface area contributed by atoms with E-state index in [0.717, 1.165) is 16.0 Å². The van der Waals surface area contributed by atoms with Crippen LogP contribution in [-0.4, -0.2) is 35.1 Å². The lowest BCUT2D eigenvalue weighted by atomic mass is 10.1. The number of hydrogen-bond donors (Lipinski definition) is 1. The quantitative estimate of drug-likeness (QED) is 0.574. The van der Waals surface area contributed by atoms with Gasteiger partial charge in [0.2, 0.25) is 11.8 Å². The van der Waals surface area contributed by atoms with Crippen molar-refractivity contribution in [3.05, 3.63) is 65.2 Å². The second-order valence-corrected chi connectivity index (χ2v) is 8.41. The molecule has 5 heteroatoms.